The predicted octanol–water partition coefficient (Wildman–Crippen LogP) is 5.26. The van der Waals surface area contributed by atoms with Crippen LogP contribution in [-0.4, -0.2) is 12.5 Å². The van der Waals surface area contributed by atoms with Gasteiger partial charge < -0.3 is 10.1 Å². The Balaban J connectivity index is 2.20. The highest BCUT2D eigenvalue weighted by atomic mass is 35.5. The fourth-order valence-corrected chi connectivity index (χ4v) is 2.59. The summed E-state index contributed by atoms with van der Waals surface area (Å²) in [6, 6.07) is 15.1. The fourth-order valence-electron chi connectivity index (χ4n) is 2.42. The lowest BCUT2D eigenvalue weighted by Crippen LogP contribution is -2.21. The van der Waals surface area contributed by atoms with E-state index in [1.165, 1.54) is 0 Å². The largest absolute Gasteiger partial charge is 0.491 e. The number of anilines is 1. The van der Waals surface area contributed by atoms with Crippen LogP contribution < -0.4 is 10.1 Å². The highest BCUT2D eigenvalue weighted by Crippen LogP contribution is 2.30. The number of hydrogen-bond donors (Lipinski definition) is 1. The second kappa shape index (κ2) is 8.59. The third kappa shape index (κ3) is 4.73. The summed E-state index contributed by atoms with van der Waals surface area (Å²) in [5.74, 6) is 0.393. The van der Waals surface area contributed by atoms with Gasteiger partial charge in [-0.15, -0.1) is 0 Å². The number of amides is 1. The molecule has 3 nitrogen and oxygen atoms in total. The normalized spacial score (nSPS) is 11.8. The third-order valence-corrected chi connectivity index (χ3v) is 3.82. The quantitative estimate of drug-likeness (QED) is 0.751. The Kier molecular flexibility index (Phi) is 6.48. The molecule has 0 spiro atoms. The van der Waals surface area contributed by atoms with Crippen molar-refractivity contribution in [2.24, 2.45) is 0 Å². The maximum Gasteiger partial charge on any atom is 0.232 e. The second-order valence-corrected chi connectivity index (χ2v) is 5.79. The first kappa shape index (κ1) is 17.4. The SMILES string of the molecule is CCCOc1ccc(Cl)cc1NC(=O)C(CC)c1ccccc1. The molecule has 0 saturated heterocycles. The standard InChI is InChI=1S/C19H22ClNO2/c1-3-12-23-18-11-10-15(20)13-17(18)21-19(22)16(4-2)14-8-6-5-7-9-14/h5-11,13,16H,3-4,12H2,1-2H3,(H,21,22). The van der Waals surface area contributed by atoms with Crippen molar-refractivity contribution in [3.63, 3.8) is 0 Å². The van der Waals surface area contributed by atoms with Gasteiger partial charge >= 0.3 is 0 Å². The van der Waals surface area contributed by atoms with E-state index in [1.807, 2.05) is 44.2 Å². The first-order valence-corrected chi connectivity index (χ1v) is 8.31. The zero-order valence-corrected chi connectivity index (χ0v) is 14.3. The molecule has 0 aliphatic rings. The number of hydrogen-bond acceptors (Lipinski definition) is 2. The van der Waals surface area contributed by atoms with Crippen molar-refractivity contribution in [2.75, 3.05) is 11.9 Å². The van der Waals surface area contributed by atoms with Gasteiger partial charge in [-0.2, -0.15) is 0 Å². The number of carbonyl (C=O) groups is 1. The van der Waals surface area contributed by atoms with E-state index >= 15 is 0 Å². The molecule has 0 aromatic heterocycles. The van der Waals surface area contributed by atoms with Crippen molar-refractivity contribution >= 4 is 23.2 Å². The minimum absolute atomic E-state index is 0.0534. The Labute approximate surface area is 142 Å². The summed E-state index contributed by atoms with van der Waals surface area (Å²) in [4.78, 5) is 12.7. The van der Waals surface area contributed by atoms with Gasteiger partial charge in [-0.3, -0.25) is 4.79 Å². The van der Waals surface area contributed by atoms with E-state index < -0.39 is 0 Å². The molecule has 4 heteroatoms. The zero-order chi connectivity index (χ0) is 16.7. The fraction of sp³-hybridized carbons (Fsp3) is 0.316. The van der Waals surface area contributed by atoms with Crippen molar-refractivity contribution in [3.05, 3.63) is 59.1 Å². The first-order valence-electron chi connectivity index (χ1n) is 7.93. The van der Waals surface area contributed by atoms with Crippen molar-refractivity contribution < 1.29 is 9.53 Å². The molecule has 0 bridgehead atoms. The Morgan fingerprint density at radius 3 is 2.57 bits per heavy atom. The van der Waals surface area contributed by atoms with Gasteiger partial charge in [-0.05, 0) is 36.6 Å². The summed E-state index contributed by atoms with van der Waals surface area (Å²) in [5, 5.41) is 3.53. The maximum atomic E-state index is 12.7. The Morgan fingerprint density at radius 2 is 1.91 bits per heavy atom. The van der Waals surface area contributed by atoms with Crippen molar-refractivity contribution in [1.82, 2.24) is 0 Å². The number of benzene rings is 2. The lowest BCUT2D eigenvalue weighted by atomic mass is 9.95. The minimum atomic E-state index is -0.200. The van der Waals surface area contributed by atoms with E-state index in [9.17, 15) is 4.79 Å². The average Bonchev–Trinajstić information content (AvgIpc) is 2.56. The zero-order valence-electron chi connectivity index (χ0n) is 13.5. The lowest BCUT2D eigenvalue weighted by Gasteiger charge is -2.17. The molecule has 2 rings (SSSR count). The Bertz CT molecular complexity index is 643. The van der Waals surface area contributed by atoms with Gasteiger partial charge in [0.05, 0.1) is 18.2 Å². The molecule has 1 N–H and O–H groups in total. The van der Waals surface area contributed by atoms with Crippen molar-refractivity contribution in [1.29, 1.82) is 0 Å². The molecule has 23 heavy (non-hydrogen) atoms. The van der Waals surface area contributed by atoms with E-state index in [0.717, 1.165) is 18.4 Å². The predicted molar refractivity (Wildman–Crippen MR) is 95.3 cm³/mol. The molecular weight excluding hydrogens is 310 g/mol. The van der Waals surface area contributed by atoms with E-state index in [-0.39, 0.29) is 11.8 Å². The summed E-state index contributed by atoms with van der Waals surface area (Å²) in [7, 11) is 0. The van der Waals surface area contributed by atoms with Crippen LogP contribution in [0.3, 0.4) is 0 Å². The monoisotopic (exact) mass is 331 g/mol. The smallest absolute Gasteiger partial charge is 0.232 e. The van der Waals surface area contributed by atoms with Gasteiger partial charge in [0, 0.05) is 5.02 Å². The number of carbonyl (C=O) groups excluding carboxylic acids is 1. The number of nitrogens with one attached hydrogen (secondary N) is 1. The van der Waals surface area contributed by atoms with Crippen LogP contribution in [0.4, 0.5) is 5.69 Å². The van der Waals surface area contributed by atoms with E-state index in [0.29, 0.717) is 23.1 Å². The van der Waals surface area contributed by atoms with Gasteiger partial charge in [0.15, 0.2) is 0 Å². The highest BCUT2D eigenvalue weighted by molar-refractivity contribution is 6.31. The van der Waals surface area contributed by atoms with Crippen LogP contribution in [0, 0.1) is 0 Å². The molecule has 1 unspecified atom stereocenters. The van der Waals surface area contributed by atoms with Gasteiger partial charge in [0.25, 0.3) is 0 Å². The van der Waals surface area contributed by atoms with E-state index in [2.05, 4.69) is 5.32 Å². The topological polar surface area (TPSA) is 38.3 Å². The molecule has 1 amide bonds. The number of rotatable bonds is 7. The molecule has 1 atom stereocenters. The molecular formula is C19H22ClNO2. The average molecular weight is 332 g/mol. The lowest BCUT2D eigenvalue weighted by molar-refractivity contribution is -0.117. The first-order chi connectivity index (χ1) is 11.2. The molecule has 0 aliphatic carbocycles. The second-order valence-electron chi connectivity index (χ2n) is 5.35. The van der Waals surface area contributed by atoms with Crippen molar-refractivity contribution in [2.45, 2.75) is 32.6 Å². The van der Waals surface area contributed by atoms with Gasteiger partial charge in [0.2, 0.25) is 5.91 Å². The molecule has 0 fully saturated rings. The van der Waals surface area contributed by atoms with Crippen LogP contribution >= 0.6 is 11.6 Å². The summed E-state index contributed by atoms with van der Waals surface area (Å²) < 4.78 is 5.69. The molecule has 0 radical (unpaired) electrons. The summed E-state index contributed by atoms with van der Waals surface area (Å²) in [6.45, 7) is 4.64. The molecule has 122 valence electrons. The maximum absolute atomic E-state index is 12.7. The molecule has 0 aliphatic heterocycles. The van der Waals surface area contributed by atoms with Crippen LogP contribution in [-0.2, 0) is 4.79 Å². The van der Waals surface area contributed by atoms with E-state index in [4.69, 9.17) is 16.3 Å². The van der Waals surface area contributed by atoms with Crippen LogP contribution in [0.25, 0.3) is 0 Å². The minimum Gasteiger partial charge on any atom is -0.491 e. The third-order valence-electron chi connectivity index (χ3n) is 3.59. The summed E-state index contributed by atoms with van der Waals surface area (Å²) in [5.41, 5.74) is 1.62. The van der Waals surface area contributed by atoms with Gasteiger partial charge in [-0.25, -0.2) is 0 Å². The molecule has 2 aromatic rings. The molecule has 0 heterocycles. The Morgan fingerprint density at radius 1 is 1.17 bits per heavy atom. The highest BCUT2D eigenvalue weighted by Gasteiger charge is 2.20. The molecule has 0 saturated carbocycles. The number of halogens is 1. The molecule has 2 aromatic carbocycles. The van der Waals surface area contributed by atoms with Gasteiger partial charge in [0.1, 0.15) is 5.75 Å². The summed E-state index contributed by atoms with van der Waals surface area (Å²) in [6.07, 6.45) is 1.62. The van der Waals surface area contributed by atoms with Gasteiger partial charge in [-0.1, -0.05) is 55.8 Å². The van der Waals surface area contributed by atoms with E-state index in [1.54, 1.807) is 18.2 Å². The van der Waals surface area contributed by atoms with Crippen LogP contribution in [0.1, 0.15) is 38.2 Å². The van der Waals surface area contributed by atoms with Crippen LogP contribution in [0.15, 0.2) is 48.5 Å². The number of ether oxygens (including phenoxy) is 1. The Hall–Kier alpha value is -2.00. The van der Waals surface area contributed by atoms with Crippen LogP contribution in [0.2, 0.25) is 5.02 Å². The van der Waals surface area contributed by atoms with Crippen molar-refractivity contribution in [3.8, 4) is 5.75 Å². The summed E-state index contributed by atoms with van der Waals surface area (Å²) >= 11 is 6.06. The van der Waals surface area contributed by atoms with Crippen LogP contribution in [0.5, 0.6) is 5.75 Å².